The zero-order chi connectivity index (χ0) is 22.1. The highest BCUT2D eigenvalue weighted by Crippen LogP contribution is 2.31. The Morgan fingerprint density at radius 3 is 2.56 bits per heavy atom. The summed E-state index contributed by atoms with van der Waals surface area (Å²) >= 11 is 0. The van der Waals surface area contributed by atoms with E-state index >= 15 is 0 Å². The lowest BCUT2D eigenvalue weighted by molar-refractivity contribution is 0.282. The molecule has 4 aromatic heterocycles. The van der Waals surface area contributed by atoms with Gasteiger partial charge in [0.2, 0.25) is 0 Å². The van der Waals surface area contributed by atoms with E-state index in [0.717, 1.165) is 16.8 Å². The van der Waals surface area contributed by atoms with Crippen LogP contribution in [0.15, 0.2) is 73.1 Å². The third kappa shape index (κ3) is 3.33. The summed E-state index contributed by atoms with van der Waals surface area (Å²) < 4.78 is 1.92. The van der Waals surface area contributed by atoms with Gasteiger partial charge in [0, 0.05) is 23.6 Å². The van der Waals surface area contributed by atoms with Gasteiger partial charge in [-0.05, 0) is 54.1 Å². The summed E-state index contributed by atoms with van der Waals surface area (Å²) in [4.78, 5) is 17.9. The molecule has 8 nitrogen and oxygen atoms in total. The monoisotopic (exact) mass is 419 g/mol. The van der Waals surface area contributed by atoms with E-state index in [-0.39, 0.29) is 6.61 Å². The Balaban J connectivity index is 1.78. The number of fused-ring (bicyclic) bond motifs is 1. The van der Waals surface area contributed by atoms with Gasteiger partial charge in [-0.25, -0.2) is 19.9 Å². The number of aromatic nitrogens is 5. The third-order valence-electron chi connectivity index (χ3n) is 5.13. The highest BCUT2D eigenvalue weighted by atomic mass is 16.3. The maximum atomic E-state index is 9.42. The highest BCUT2D eigenvalue weighted by Gasteiger charge is 2.18. The normalized spacial score (nSPS) is 10.9. The Bertz CT molecular complexity index is 1480. The summed E-state index contributed by atoms with van der Waals surface area (Å²) in [6.45, 7) is -0.0426. The Labute approximate surface area is 183 Å². The van der Waals surface area contributed by atoms with Gasteiger partial charge in [-0.2, -0.15) is 5.26 Å². The van der Waals surface area contributed by atoms with Crippen LogP contribution in [0.3, 0.4) is 0 Å². The molecule has 0 radical (unpaired) electrons. The molecule has 5 aromatic rings. The van der Waals surface area contributed by atoms with Crippen LogP contribution in [-0.2, 0) is 6.61 Å². The fraction of sp³-hybridized carbons (Fsp3) is 0.0417. The summed E-state index contributed by atoms with van der Waals surface area (Å²) in [7, 11) is 0. The summed E-state index contributed by atoms with van der Waals surface area (Å²) in [5.41, 5.74) is 11.6. The van der Waals surface area contributed by atoms with E-state index in [2.05, 4.69) is 16.0 Å². The largest absolute Gasteiger partial charge is 0.392 e. The first-order chi connectivity index (χ1) is 15.7. The molecule has 32 heavy (non-hydrogen) atoms. The molecule has 8 heteroatoms. The molecule has 3 N–H and O–H groups in total. The maximum absolute atomic E-state index is 9.42. The highest BCUT2D eigenvalue weighted by molar-refractivity contribution is 5.84. The average Bonchev–Trinajstić information content (AvgIpc) is 3.23. The molecular weight excluding hydrogens is 402 g/mol. The number of nitrogen functional groups attached to an aromatic ring is 1. The molecule has 0 aliphatic carbocycles. The predicted molar refractivity (Wildman–Crippen MR) is 120 cm³/mol. The first-order valence-electron chi connectivity index (χ1n) is 9.85. The van der Waals surface area contributed by atoms with Crippen molar-refractivity contribution in [1.29, 1.82) is 5.26 Å². The Morgan fingerprint density at radius 2 is 1.81 bits per heavy atom. The first kappa shape index (κ1) is 19.4. The minimum Gasteiger partial charge on any atom is -0.392 e. The van der Waals surface area contributed by atoms with Gasteiger partial charge in [0.1, 0.15) is 23.1 Å². The van der Waals surface area contributed by atoms with Crippen LogP contribution in [0.1, 0.15) is 11.3 Å². The number of rotatable bonds is 4. The molecule has 0 aliphatic rings. The quantitative estimate of drug-likeness (QED) is 0.456. The molecule has 4 heterocycles. The minimum atomic E-state index is -0.0426. The van der Waals surface area contributed by atoms with Crippen LogP contribution in [-0.4, -0.2) is 29.6 Å². The molecule has 0 saturated carbocycles. The molecule has 0 unspecified atom stereocenters. The van der Waals surface area contributed by atoms with Crippen LogP contribution in [0.2, 0.25) is 0 Å². The predicted octanol–water partition coefficient (Wildman–Crippen LogP) is 3.49. The van der Waals surface area contributed by atoms with Gasteiger partial charge in [0.25, 0.3) is 0 Å². The van der Waals surface area contributed by atoms with E-state index < -0.39 is 0 Å². The molecule has 0 spiro atoms. The molecule has 0 aliphatic heterocycles. The minimum absolute atomic E-state index is 0.0426. The van der Waals surface area contributed by atoms with Crippen molar-refractivity contribution in [3.63, 3.8) is 0 Å². The molecule has 5 rings (SSSR count). The van der Waals surface area contributed by atoms with E-state index in [1.165, 1.54) is 0 Å². The topological polar surface area (TPSA) is 127 Å². The SMILES string of the molecule is N#Cc1cc(-c2ccc3nc(-c4cccnc4N)n(-c4ccc(CO)cc4)c3n2)ccn1. The Hall–Kier alpha value is -4.61. The van der Waals surface area contributed by atoms with E-state index in [0.29, 0.717) is 39.8 Å². The molecule has 0 atom stereocenters. The van der Waals surface area contributed by atoms with Gasteiger partial charge in [-0.3, -0.25) is 4.57 Å². The maximum Gasteiger partial charge on any atom is 0.165 e. The zero-order valence-corrected chi connectivity index (χ0v) is 16.8. The molecule has 0 fully saturated rings. The summed E-state index contributed by atoms with van der Waals surface area (Å²) in [5.74, 6) is 0.975. The van der Waals surface area contributed by atoms with Crippen LogP contribution >= 0.6 is 0 Å². The van der Waals surface area contributed by atoms with Crippen molar-refractivity contribution in [1.82, 2.24) is 24.5 Å². The lowest BCUT2D eigenvalue weighted by Crippen LogP contribution is -2.02. The summed E-state index contributed by atoms with van der Waals surface area (Å²) in [6, 6.07) is 20.5. The summed E-state index contributed by atoms with van der Waals surface area (Å²) in [5, 5.41) is 18.6. The number of hydrogen-bond acceptors (Lipinski definition) is 7. The standard InChI is InChI=1S/C24H17N7O/c25-13-17-12-16(9-11-27-17)20-7-8-21-24(29-20)31(18-5-3-15(14-32)4-6-18)23(30-21)19-2-1-10-28-22(19)26/h1-12,32H,14H2,(H2,26,28). The molecule has 0 saturated heterocycles. The van der Waals surface area contributed by atoms with E-state index in [4.69, 9.17) is 15.7 Å². The van der Waals surface area contributed by atoms with Crippen LogP contribution in [0.4, 0.5) is 5.82 Å². The zero-order valence-electron chi connectivity index (χ0n) is 16.8. The molecule has 1 aromatic carbocycles. The lowest BCUT2D eigenvalue weighted by Gasteiger charge is -2.11. The molecule has 0 amide bonds. The van der Waals surface area contributed by atoms with Crippen molar-refractivity contribution in [2.45, 2.75) is 6.61 Å². The number of nitrogens with two attached hydrogens (primary N) is 1. The van der Waals surface area contributed by atoms with Crippen LogP contribution in [0.5, 0.6) is 0 Å². The van der Waals surface area contributed by atoms with Crippen molar-refractivity contribution in [3.8, 4) is 34.4 Å². The smallest absolute Gasteiger partial charge is 0.165 e. The fourth-order valence-corrected chi connectivity index (χ4v) is 3.55. The average molecular weight is 419 g/mol. The number of nitrogens with zero attached hydrogens (tertiary/aromatic N) is 6. The van der Waals surface area contributed by atoms with Gasteiger partial charge < -0.3 is 10.8 Å². The van der Waals surface area contributed by atoms with Crippen LogP contribution in [0, 0.1) is 11.3 Å². The second-order valence-electron chi connectivity index (χ2n) is 7.11. The van der Waals surface area contributed by atoms with Crippen molar-refractivity contribution < 1.29 is 5.11 Å². The van der Waals surface area contributed by atoms with Crippen molar-refractivity contribution in [2.75, 3.05) is 5.73 Å². The Kier molecular flexibility index (Phi) is 4.78. The number of aliphatic hydroxyl groups is 1. The fourth-order valence-electron chi connectivity index (χ4n) is 3.55. The van der Waals surface area contributed by atoms with E-state index in [1.54, 1.807) is 18.5 Å². The number of nitriles is 1. The second-order valence-corrected chi connectivity index (χ2v) is 7.11. The first-order valence-corrected chi connectivity index (χ1v) is 9.85. The van der Waals surface area contributed by atoms with Crippen molar-refractivity contribution in [3.05, 3.63) is 84.3 Å². The number of aliphatic hydroxyl groups excluding tert-OH is 1. The van der Waals surface area contributed by atoms with Crippen molar-refractivity contribution >= 4 is 17.0 Å². The third-order valence-corrected chi connectivity index (χ3v) is 5.13. The van der Waals surface area contributed by atoms with Crippen LogP contribution in [0.25, 0.3) is 39.5 Å². The molecule has 154 valence electrons. The van der Waals surface area contributed by atoms with E-state index in [1.807, 2.05) is 59.2 Å². The number of pyridine rings is 3. The van der Waals surface area contributed by atoms with Crippen LogP contribution < -0.4 is 5.73 Å². The number of anilines is 1. The van der Waals surface area contributed by atoms with Gasteiger partial charge in [-0.1, -0.05) is 12.1 Å². The Morgan fingerprint density at radius 1 is 0.969 bits per heavy atom. The van der Waals surface area contributed by atoms with Crippen molar-refractivity contribution in [2.24, 2.45) is 0 Å². The summed E-state index contributed by atoms with van der Waals surface area (Å²) in [6.07, 6.45) is 3.22. The van der Waals surface area contributed by atoms with Gasteiger partial charge in [0.15, 0.2) is 11.5 Å². The second kappa shape index (κ2) is 7.91. The molecule has 0 bridgehead atoms. The number of imidazole rings is 1. The molecular formula is C24H17N7O. The lowest BCUT2D eigenvalue weighted by atomic mass is 10.1. The van der Waals surface area contributed by atoms with Gasteiger partial charge in [-0.15, -0.1) is 0 Å². The number of hydrogen-bond donors (Lipinski definition) is 2. The van der Waals surface area contributed by atoms with Gasteiger partial charge in [0.05, 0.1) is 17.9 Å². The van der Waals surface area contributed by atoms with E-state index in [9.17, 15) is 10.4 Å². The number of benzene rings is 1. The van der Waals surface area contributed by atoms with Gasteiger partial charge >= 0.3 is 0 Å².